The average molecular weight is 1170 g/mol. The fraction of sp³-hybridized carbons (Fsp3) is 0.657. The number of alkyl carbamates (subject to hydrolysis) is 3. The Morgan fingerprint density at radius 3 is 1.11 bits per heavy atom. The quantitative estimate of drug-likeness (QED) is 0.0384. The van der Waals surface area contributed by atoms with E-state index in [0.29, 0.717) is 45.7 Å². The second-order valence-corrected chi connectivity index (χ2v) is 26.7. The number of hydrogen-bond donors (Lipinski definition) is 6. The van der Waals surface area contributed by atoms with E-state index in [4.69, 9.17) is 31.4 Å². The number of unbranched alkanes of at least 4 members (excludes halogenated alkanes) is 1. The van der Waals surface area contributed by atoms with Gasteiger partial charge in [0.2, 0.25) is 11.8 Å². The first-order valence-corrected chi connectivity index (χ1v) is 31.2. The molecule has 3 aromatic carbocycles. The number of nitrogens with zero attached hydrogens (tertiary/aromatic N) is 3. The lowest BCUT2D eigenvalue weighted by Crippen LogP contribution is -2.49. The molecule has 3 aliphatic rings. The van der Waals surface area contributed by atoms with Gasteiger partial charge >= 0.3 is 18.3 Å². The molecule has 17 nitrogen and oxygen atoms in total. The molecule has 0 saturated carbocycles. The van der Waals surface area contributed by atoms with Crippen molar-refractivity contribution in [3.63, 3.8) is 0 Å². The smallest absolute Gasteiger partial charge is 0.408 e. The molecule has 3 heterocycles. The number of benzene rings is 3. The van der Waals surface area contributed by atoms with E-state index in [9.17, 15) is 24.0 Å². The predicted molar refractivity (Wildman–Crippen MR) is 337 cm³/mol. The van der Waals surface area contributed by atoms with Gasteiger partial charge in [0.1, 0.15) is 23.3 Å². The van der Waals surface area contributed by atoms with Crippen LogP contribution < -0.4 is 33.2 Å². The maximum atomic E-state index is 12.5. The van der Waals surface area contributed by atoms with Crippen LogP contribution in [0.4, 0.5) is 14.4 Å². The second kappa shape index (κ2) is 35.0. The summed E-state index contributed by atoms with van der Waals surface area (Å²) < 4.78 is 15.6. The van der Waals surface area contributed by atoms with E-state index in [2.05, 4.69) is 99.7 Å². The number of piperidine rings is 3. The number of rotatable bonds is 23. The molecule has 3 aromatic rings. The SMILES string of the molecule is CC(C)(C)OC(=O)NCC(=O)N1CCC(CN)(CCc2ccccc2)CC1.CC(C)(C)OC(=O)NCCCCC(=O)N1CCC(CN)(CCc2ccccc2)CC1.CC(C)(C)OC(=O)NCCCN1CCC(CN)(CCc2ccccc2)CC1. The molecule has 470 valence electrons. The lowest BCUT2D eigenvalue weighted by molar-refractivity contribution is -0.134. The molecule has 5 amide bonds. The standard InChI is InChI=1S/C24H39N3O3.C22H37N3O2.C21H33N3O3/c1-23(2,3)30-22(29)26-16-8-7-11-21(28)27-17-14-24(19-25,15-18-27)13-12-20-9-5-4-6-10-20;1-21(2,3)27-20(26)24-14-7-15-25-16-12-22(18-23,13-17-25)11-10-19-8-5-4-6-9-19;1-20(2,3)27-19(26)23-15-18(25)24-13-11-21(16-22,12-14-24)10-9-17-7-5-4-6-8-17/h4-6,9-10H,7-8,11-19,25H2,1-3H3,(H,26,29);4-6,8-9H,7,10-18,23H2,1-3H3,(H,24,26);4-8H,9-16,22H2,1-3H3,(H,23,26). The van der Waals surface area contributed by atoms with Crippen molar-refractivity contribution in [2.45, 2.75) is 182 Å². The van der Waals surface area contributed by atoms with Crippen LogP contribution in [0.25, 0.3) is 0 Å². The van der Waals surface area contributed by atoms with Gasteiger partial charge in [-0.05, 0) is 231 Å². The monoisotopic (exact) mass is 1170 g/mol. The Bertz CT molecular complexity index is 2370. The van der Waals surface area contributed by atoms with Gasteiger partial charge in [-0.1, -0.05) is 91.0 Å². The summed E-state index contributed by atoms with van der Waals surface area (Å²) in [7, 11) is 0. The Kier molecular flexibility index (Phi) is 29.5. The van der Waals surface area contributed by atoms with Crippen LogP contribution in [0.3, 0.4) is 0 Å². The van der Waals surface area contributed by atoms with Crippen molar-refractivity contribution in [2.24, 2.45) is 33.4 Å². The third-order valence-corrected chi connectivity index (χ3v) is 16.5. The van der Waals surface area contributed by atoms with Crippen molar-refractivity contribution >= 4 is 30.1 Å². The Morgan fingerprint density at radius 1 is 0.440 bits per heavy atom. The number of aryl methyl sites for hydroxylation is 3. The van der Waals surface area contributed by atoms with Crippen LogP contribution in [-0.2, 0) is 43.1 Å². The van der Waals surface area contributed by atoms with Crippen molar-refractivity contribution in [1.82, 2.24) is 30.7 Å². The lowest BCUT2D eigenvalue weighted by atomic mass is 9.74. The van der Waals surface area contributed by atoms with E-state index in [0.717, 1.165) is 129 Å². The van der Waals surface area contributed by atoms with Crippen molar-refractivity contribution in [2.75, 3.05) is 85.1 Å². The summed E-state index contributed by atoms with van der Waals surface area (Å²) in [6.07, 6.45) is 14.2. The molecule has 6 rings (SSSR count). The summed E-state index contributed by atoms with van der Waals surface area (Å²) in [4.78, 5) is 66.2. The average Bonchev–Trinajstić information content (AvgIpc) is 3.47. The summed E-state index contributed by atoms with van der Waals surface area (Å²) in [5, 5.41) is 8.12. The lowest BCUT2D eigenvalue weighted by Gasteiger charge is -2.41. The van der Waals surface area contributed by atoms with E-state index in [1.165, 1.54) is 23.1 Å². The Balaban J connectivity index is 0.000000271. The first-order valence-electron chi connectivity index (χ1n) is 31.2. The van der Waals surface area contributed by atoms with Crippen LogP contribution in [0, 0.1) is 16.2 Å². The highest BCUT2D eigenvalue weighted by atomic mass is 16.6. The van der Waals surface area contributed by atoms with Gasteiger partial charge in [0.25, 0.3) is 0 Å². The molecule has 3 fully saturated rings. The second-order valence-electron chi connectivity index (χ2n) is 26.7. The molecule has 3 aliphatic heterocycles. The number of carbonyl (C=O) groups is 5. The van der Waals surface area contributed by atoms with Gasteiger partial charge in [-0.3, -0.25) is 9.59 Å². The zero-order chi connectivity index (χ0) is 61.7. The minimum Gasteiger partial charge on any atom is -0.444 e. The zero-order valence-electron chi connectivity index (χ0n) is 53.0. The first-order chi connectivity index (χ1) is 39.8. The molecular weight excluding hydrogens is 1060 g/mol. The highest BCUT2D eigenvalue weighted by Crippen LogP contribution is 2.38. The minimum atomic E-state index is -0.572. The van der Waals surface area contributed by atoms with Gasteiger partial charge in [0, 0.05) is 45.7 Å². The highest BCUT2D eigenvalue weighted by molar-refractivity contribution is 5.82. The number of carbonyl (C=O) groups excluding carboxylic acids is 5. The molecule has 0 bridgehead atoms. The largest absolute Gasteiger partial charge is 0.444 e. The molecule has 17 heteroatoms. The van der Waals surface area contributed by atoms with Gasteiger partial charge in [-0.15, -0.1) is 0 Å². The van der Waals surface area contributed by atoms with E-state index in [1.807, 2.05) is 63.5 Å². The number of nitrogens with two attached hydrogens (primary N) is 3. The summed E-state index contributed by atoms with van der Waals surface area (Å²) in [6, 6.07) is 31.7. The van der Waals surface area contributed by atoms with Gasteiger partial charge in [0.15, 0.2) is 0 Å². The third-order valence-electron chi connectivity index (χ3n) is 16.5. The summed E-state index contributed by atoms with van der Waals surface area (Å²) >= 11 is 0. The van der Waals surface area contributed by atoms with Crippen molar-refractivity contribution in [1.29, 1.82) is 0 Å². The van der Waals surface area contributed by atoms with Gasteiger partial charge in [0.05, 0.1) is 0 Å². The fourth-order valence-corrected chi connectivity index (χ4v) is 11.0. The number of nitrogens with one attached hydrogen (secondary N) is 3. The summed E-state index contributed by atoms with van der Waals surface area (Å²) in [6.45, 7) is 25.9. The van der Waals surface area contributed by atoms with Crippen molar-refractivity contribution in [3.8, 4) is 0 Å². The van der Waals surface area contributed by atoms with Gasteiger partial charge < -0.3 is 62.1 Å². The van der Waals surface area contributed by atoms with Crippen molar-refractivity contribution < 1.29 is 38.2 Å². The molecular formula is C67H109N9O8. The highest BCUT2D eigenvalue weighted by Gasteiger charge is 2.37. The van der Waals surface area contributed by atoms with Crippen LogP contribution >= 0.6 is 0 Å². The van der Waals surface area contributed by atoms with Crippen LogP contribution in [0.2, 0.25) is 0 Å². The topological polar surface area (TPSA) is 237 Å². The molecule has 0 spiro atoms. The molecule has 0 aliphatic carbocycles. The van der Waals surface area contributed by atoms with E-state index >= 15 is 0 Å². The molecule has 0 atom stereocenters. The number of amides is 5. The molecule has 9 N–H and O–H groups in total. The maximum absolute atomic E-state index is 12.5. The molecule has 0 radical (unpaired) electrons. The van der Waals surface area contributed by atoms with Crippen LogP contribution in [0.15, 0.2) is 91.0 Å². The van der Waals surface area contributed by atoms with Crippen molar-refractivity contribution in [3.05, 3.63) is 108 Å². The first kappa shape index (κ1) is 70.7. The summed E-state index contributed by atoms with van der Waals surface area (Å²) in [5.74, 6) is 0.135. The fourth-order valence-electron chi connectivity index (χ4n) is 11.0. The molecule has 0 unspecified atom stereocenters. The predicted octanol–water partition coefficient (Wildman–Crippen LogP) is 10.2. The summed E-state index contributed by atoms with van der Waals surface area (Å²) in [5.41, 5.74) is 21.5. The molecule has 0 aromatic heterocycles. The van der Waals surface area contributed by atoms with Crippen LogP contribution in [-0.4, -0.2) is 147 Å². The van der Waals surface area contributed by atoms with E-state index in [1.54, 1.807) is 20.8 Å². The number of ether oxygens (including phenoxy) is 3. The van der Waals surface area contributed by atoms with Gasteiger partial charge in [-0.25, -0.2) is 14.4 Å². The van der Waals surface area contributed by atoms with E-state index in [-0.39, 0.29) is 40.7 Å². The normalized spacial score (nSPS) is 16.8. The minimum absolute atomic E-state index is 0.0332. The third kappa shape index (κ3) is 28.0. The maximum Gasteiger partial charge on any atom is 0.408 e. The Hall–Kier alpha value is -5.75. The zero-order valence-corrected chi connectivity index (χ0v) is 53.0. The van der Waals surface area contributed by atoms with Crippen LogP contribution in [0.5, 0.6) is 0 Å². The Labute approximate surface area is 505 Å². The Morgan fingerprint density at radius 2 is 0.762 bits per heavy atom. The molecule has 84 heavy (non-hydrogen) atoms. The van der Waals surface area contributed by atoms with E-state index < -0.39 is 29.0 Å². The molecule has 3 saturated heterocycles. The number of hydrogen-bond acceptors (Lipinski definition) is 12. The van der Waals surface area contributed by atoms with Gasteiger partial charge in [-0.2, -0.15) is 0 Å². The van der Waals surface area contributed by atoms with Crippen LogP contribution in [0.1, 0.15) is 162 Å². The number of likely N-dealkylation sites (tertiary alicyclic amines) is 3.